The van der Waals surface area contributed by atoms with Gasteiger partial charge in [0.1, 0.15) is 17.5 Å². The molecule has 0 spiro atoms. The number of halogens is 2. The number of rotatable bonds is 2. The molecule has 3 rings (SSSR count). The second kappa shape index (κ2) is 4.66. The van der Waals surface area contributed by atoms with Crippen molar-refractivity contribution >= 4 is 17.0 Å². The Morgan fingerprint density at radius 3 is 2.76 bits per heavy atom. The van der Waals surface area contributed by atoms with Crippen LogP contribution >= 0.6 is 0 Å². The molecule has 1 heterocycles. The van der Waals surface area contributed by atoms with E-state index >= 15 is 0 Å². The Bertz CT molecular complexity index is 871. The van der Waals surface area contributed by atoms with Gasteiger partial charge < -0.3 is 10.1 Å². The number of nitrogens with zero attached hydrogens (tertiary/aromatic N) is 1. The predicted molar refractivity (Wildman–Crippen MR) is 73.1 cm³/mol. The van der Waals surface area contributed by atoms with Crippen LogP contribution in [0.4, 0.5) is 8.78 Å². The van der Waals surface area contributed by atoms with Gasteiger partial charge in [-0.15, -0.1) is 0 Å². The number of aromatic amines is 1. The van der Waals surface area contributed by atoms with Gasteiger partial charge in [-0.1, -0.05) is 12.1 Å². The van der Waals surface area contributed by atoms with Gasteiger partial charge in [0.05, 0.1) is 22.2 Å². The van der Waals surface area contributed by atoms with Gasteiger partial charge in [0.15, 0.2) is 0 Å². The molecule has 6 heteroatoms. The standard InChI is InChI=1S/C15H10F2N2O2/c1-7-3-2-4-8(13(7)17)14-18-11-5-9(15(20)21)10(16)6-12(11)19-14/h2-6H,1H3,(H,18,19)(H,20,21). The molecule has 0 bridgehead atoms. The summed E-state index contributed by atoms with van der Waals surface area (Å²) in [5, 5.41) is 8.89. The molecule has 0 unspecified atom stereocenters. The third-order valence-corrected chi connectivity index (χ3v) is 3.25. The molecule has 21 heavy (non-hydrogen) atoms. The minimum atomic E-state index is -1.37. The van der Waals surface area contributed by atoms with E-state index in [2.05, 4.69) is 9.97 Å². The Morgan fingerprint density at radius 1 is 1.29 bits per heavy atom. The highest BCUT2D eigenvalue weighted by molar-refractivity contribution is 5.93. The van der Waals surface area contributed by atoms with Crippen LogP contribution in [0.1, 0.15) is 15.9 Å². The van der Waals surface area contributed by atoms with Crippen LogP contribution in [0.5, 0.6) is 0 Å². The number of carboxylic acid groups (broad SMARTS) is 1. The molecular formula is C15H10F2N2O2. The quantitative estimate of drug-likeness (QED) is 0.758. The van der Waals surface area contributed by atoms with Gasteiger partial charge in [-0.3, -0.25) is 0 Å². The summed E-state index contributed by atoms with van der Waals surface area (Å²) in [7, 11) is 0. The van der Waals surface area contributed by atoms with Crippen LogP contribution in [0.15, 0.2) is 30.3 Å². The first-order chi connectivity index (χ1) is 9.97. The fraction of sp³-hybridized carbons (Fsp3) is 0.0667. The van der Waals surface area contributed by atoms with Gasteiger partial charge in [-0.05, 0) is 24.6 Å². The largest absolute Gasteiger partial charge is 0.478 e. The molecule has 0 aliphatic heterocycles. The zero-order chi connectivity index (χ0) is 15.1. The summed E-state index contributed by atoms with van der Waals surface area (Å²) < 4.78 is 27.7. The van der Waals surface area contributed by atoms with Crippen molar-refractivity contribution in [1.29, 1.82) is 0 Å². The van der Waals surface area contributed by atoms with Gasteiger partial charge in [0.2, 0.25) is 0 Å². The molecule has 3 aromatic rings. The van der Waals surface area contributed by atoms with Crippen LogP contribution in [0.2, 0.25) is 0 Å². The zero-order valence-corrected chi connectivity index (χ0v) is 10.9. The van der Waals surface area contributed by atoms with Crippen molar-refractivity contribution in [3.05, 3.63) is 53.1 Å². The number of H-pyrrole nitrogens is 1. The van der Waals surface area contributed by atoms with Crippen molar-refractivity contribution in [3.63, 3.8) is 0 Å². The summed E-state index contributed by atoms with van der Waals surface area (Å²) in [4.78, 5) is 17.8. The van der Waals surface area contributed by atoms with E-state index in [1.807, 2.05) is 0 Å². The highest BCUT2D eigenvalue weighted by Crippen LogP contribution is 2.26. The van der Waals surface area contributed by atoms with Crippen molar-refractivity contribution in [2.45, 2.75) is 6.92 Å². The number of fused-ring (bicyclic) bond motifs is 1. The molecule has 0 amide bonds. The number of aromatic carboxylic acids is 1. The lowest BCUT2D eigenvalue weighted by molar-refractivity contribution is 0.0692. The highest BCUT2D eigenvalue weighted by atomic mass is 19.1. The topological polar surface area (TPSA) is 66.0 Å². The van der Waals surface area contributed by atoms with Crippen LogP contribution in [0, 0.1) is 18.6 Å². The second-order valence-corrected chi connectivity index (χ2v) is 4.68. The maximum Gasteiger partial charge on any atom is 0.338 e. The number of benzene rings is 2. The van der Waals surface area contributed by atoms with E-state index in [0.29, 0.717) is 11.1 Å². The molecule has 1 aromatic heterocycles. The smallest absolute Gasteiger partial charge is 0.338 e. The summed E-state index contributed by atoms with van der Waals surface area (Å²) >= 11 is 0. The van der Waals surface area contributed by atoms with E-state index in [4.69, 9.17) is 5.11 Å². The van der Waals surface area contributed by atoms with Gasteiger partial charge in [0, 0.05) is 6.07 Å². The first kappa shape index (κ1) is 13.2. The lowest BCUT2D eigenvalue weighted by Crippen LogP contribution is -1.99. The average molecular weight is 288 g/mol. The van der Waals surface area contributed by atoms with E-state index in [9.17, 15) is 13.6 Å². The second-order valence-electron chi connectivity index (χ2n) is 4.68. The summed E-state index contributed by atoms with van der Waals surface area (Å²) in [6.45, 7) is 1.63. The molecule has 2 aromatic carbocycles. The summed E-state index contributed by atoms with van der Waals surface area (Å²) in [6, 6.07) is 7.03. The minimum absolute atomic E-state index is 0.230. The minimum Gasteiger partial charge on any atom is -0.478 e. The van der Waals surface area contributed by atoms with Crippen molar-refractivity contribution < 1.29 is 18.7 Å². The maximum atomic E-state index is 14.1. The van der Waals surface area contributed by atoms with Crippen LogP contribution in [-0.2, 0) is 0 Å². The number of carboxylic acids is 1. The van der Waals surface area contributed by atoms with Crippen LogP contribution < -0.4 is 0 Å². The number of nitrogens with one attached hydrogen (secondary N) is 1. The molecule has 0 aliphatic rings. The molecule has 0 aliphatic carbocycles. The van der Waals surface area contributed by atoms with Gasteiger partial charge in [-0.25, -0.2) is 18.6 Å². The van der Waals surface area contributed by atoms with Crippen molar-refractivity contribution in [3.8, 4) is 11.4 Å². The molecule has 106 valence electrons. The number of hydrogen-bond donors (Lipinski definition) is 2. The Morgan fingerprint density at radius 2 is 2.05 bits per heavy atom. The molecule has 0 atom stereocenters. The number of carbonyl (C=O) groups is 1. The monoisotopic (exact) mass is 288 g/mol. The van der Waals surface area contributed by atoms with E-state index < -0.39 is 23.2 Å². The number of aromatic nitrogens is 2. The SMILES string of the molecule is Cc1cccc(-c2nc3cc(C(=O)O)c(F)cc3[nH]2)c1F. The molecule has 0 saturated heterocycles. The number of aryl methyl sites for hydroxylation is 1. The van der Waals surface area contributed by atoms with Gasteiger partial charge in [0.25, 0.3) is 0 Å². The molecule has 2 N–H and O–H groups in total. The summed E-state index contributed by atoms with van der Waals surface area (Å²) in [6.07, 6.45) is 0. The van der Waals surface area contributed by atoms with Crippen LogP contribution in [-0.4, -0.2) is 21.0 Å². The summed E-state index contributed by atoms with van der Waals surface area (Å²) in [5.41, 5.74) is 0.831. The van der Waals surface area contributed by atoms with Crippen molar-refractivity contribution in [2.24, 2.45) is 0 Å². The lowest BCUT2D eigenvalue weighted by Gasteiger charge is -2.01. The van der Waals surface area contributed by atoms with Crippen molar-refractivity contribution in [1.82, 2.24) is 9.97 Å². The Labute approximate surface area is 118 Å². The normalized spacial score (nSPS) is 11.0. The fourth-order valence-electron chi connectivity index (χ4n) is 2.15. The Kier molecular flexibility index (Phi) is 2.94. The average Bonchev–Trinajstić information content (AvgIpc) is 2.83. The third kappa shape index (κ3) is 2.14. The molecule has 4 nitrogen and oxygen atoms in total. The summed E-state index contributed by atoms with van der Waals surface area (Å²) in [5.74, 6) is -2.43. The molecule has 0 radical (unpaired) electrons. The molecular weight excluding hydrogens is 278 g/mol. The van der Waals surface area contributed by atoms with Crippen molar-refractivity contribution in [2.75, 3.05) is 0 Å². The van der Waals surface area contributed by atoms with Crippen LogP contribution in [0.25, 0.3) is 22.4 Å². The van der Waals surface area contributed by atoms with Gasteiger partial charge in [-0.2, -0.15) is 0 Å². The highest BCUT2D eigenvalue weighted by Gasteiger charge is 2.16. The predicted octanol–water partition coefficient (Wildman–Crippen LogP) is 3.51. The van der Waals surface area contributed by atoms with E-state index in [1.54, 1.807) is 25.1 Å². The lowest BCUT2D eigenvalue weighted by atomic mass is 10.1. The molecule has 0 saturated carbocycles. The zero-order valence-electron chi connectivity index (χ0n) is 10.9. The van der Waals surface area contributed by atoms with E-state index in [-0.39, 0.29) is 16.9 Å². The first-order valence-corrected chi connectivity index (χ1v) is 6.15. The van der Waals surface area contributed by atoms with Crippen LogP contribution in [0.3, 0.4) is 0 Å². The van der Waals surface area contributed by atoms with E-state index in [1.165, 1.54) is 0 Å². The number of hydrogen-bond acceptors (Lipinski definition) is 2. The fourth-order valence-corrected chi connectivity index (χ4v) is 2.15. The van der Waals surface area contributed by atoms with E-state index in [0.717, 1.165) is 12.1 Å². The molecule has 0 fully saturated rings. The Balaban J connectivity index is 2.22. The van der Waals surface area contributed by atoms with Gasteiger partial charge >= 0.3 is 5.97 Å². The Hall–Kier alpha value is -2.76. The first-order valence-electron chi connectivity index (χ1n) is 6.15. The third-order valence-electron chi connectivity index (χ3n) is 3.25. The maximum absolute atomic E-state index is 14.1. The number of imidazole rings is 1.